The van der Waals surface area contributed by atoms with Gasteiger partial charge in [-0.2, -0.15) is 0 Å². The zero-order chi connectivity index (χ0) is 22.5. The molecule has 9 heteroatoms. The molecule has 2 atom stereocenters. The average Bonchev–Trinajstić information content (AvgIpc) is 3.24. The number of ether oxygens (including phenoxy) is 4. The van der Waals surface area contributed by atoms with E-state index in [2.05, 4.69) is 0 Å². The number of hydrogen-bond acceptors (Lipinski definition) is 7. The SMILES string of the molecule is CC(C)(C)OC(=O)N1CCC[C@H]1COC(=O)OC[C@@H]1CCCN1C(=O)OC(C)(C)C. The molecular weight excluding hydrogens is 392 g/mol. The van der Waals surface area contributed by atoms with Gasteiger partial charge in [0.1, 0.15) is 24.4 Å². The minimum absolute atomic E-state index is 0.0541. The maximum absolute atomic E-state index is 12.3. The first-order valence-electron chi connectivity index (χ1n) is 10.6. The lowest BCUT2D eigenvalue weighted by molar-refractivity contribution is -0.00155. The third kappa shape index (κ3) is 7.57. The fourth-order valence-electron chi connectivity index (χ4n) is 3.51. The van der Waals surface area contributed by atoms with Gasteiger partial charge in [0.15, 0.2) is 0 Å². The van der Waals surface area contributed by atoms with Crippen LogP contribution in [0, 0.1) is 0 Å². The minimum Gasteiger partial charge on any atom is -0.444 e. The molecule has 0 unspecified atom stereocenters. The predicted octanol–water partition coefficient (Wildman–Crippen LogP) is 3.94. The Hall–Kier alpha value is -2.19. The molecule has 0 spiro atoms. The van der Waals surface area contributed by atoms with Gasteiger partial charge in [-0.15, -0.1) is 0 Å². The lowest BCUT2D eigenvalue weighted by atomic mass is 10.2. The van der Waals surface area contributed by atoms with Gasteiger partial charge in [0, 0.05) is 13.1 Å². The smallest absolute Gasteiger partial charge is 0.444 e. The Morgan fingerprint density at radius 3 is 1.43 bits per heavy atom. The van der Waals surface area contributed by atoms with Crippen LogP contribution in [-0.4, -0.2) is 77.7 Å². The van der Waals surface area contributed by atoms with E-state index in [9.17, 15) is 14.4 Å². The molecule has 0 saturated carbocycles. The first kappa shape index (κ1) is 24.1. The second-order valence-corrected chi connectivity index (χ2v) is 9.81. The molecule has 0 radical (unpaired) electrons. The monoisotopic (exact) mass is 428 g/mol. The summed E-state index contributed by atoms with van der Waals surface area (Å²) >= 11 is 0. The Kier molecular flexibility index (Phi) is 7.82. The summed E-state index contributed by atoms with van der Waals surface area (Å²) in [5.41, 5.74) is -1.16. The normalized spacial score (nSPS) is 22.1. The van der Waals surface area contributed by atoms with Gasteiger partial charge in [-0.25, -0.2) is 14.4 Å². The molecule has 9 nitrogen and oxygen atoms in total. The van der Waals surface area contributed by atoms with Crippen molar-refractivity contribution in [3.05, 3.63) is 0 Å². The molecule has 0 aromatic rings. The Morgan fingerprint density at radius 1 is 0.733 bits per heavy atom. The minimum atomic E-state index is -0.804. The lowest BCUT2D eigenvalue weighted by Crippen LogP contribution is -2.43. The fraction of sp³-hybridized carbons (Fsp3) is 0.857. The molecule has 0 N–H and O–H groups in total. The largest absolute Gasteiger partial charge is 0.508 e. The third-order valence-electron chi connectivity index (χ3n) is 4.80. The molecule has 2 aliphatic heterocycles. The van der Waals surface area contributed by atoms with Crippen LogP contribution in [0.4, 0.5) is 14.4 Å². The molecule has 0 aliphatic carbocycles. The number of carbonyl (C=O) groups is 3. The summed E-state index contributed by atoms with van der Waals surface area (Å²) in [6, 6.07) is -0.450. The van der Waals surface area contributed by atoms with Gasteiger partial charge in [0.2, 0.25) is 0 Å². The van der Waals surface area contributed by atoms with Crippen molar-refractivity contribution in [2.45, 2.75) is 90.5 Å². The van der Waals surface area contributed by atoms with Crippen molar-refractivity contribution in [1.29, 1.82) is 0 Å². The molecular formula is C21H36N2O7. The molecule has 2 rings (SSSR count). The third-order valence-corrected chi connectivity index (χ3v) is 4.80. The molecule has 0 aromatic heterocycles. The summed E-state index contributed by atoms with van der Waals surface area (Å²) in [5, 5.41) is 0. The number of hydrogen-bond donors (Lipinski definition) is 0. The highest BCUT2D eigenvalue weighted by Gasteiger charge is 2.35. The molecule has 2 amide bonds. The van der Waals surface area contributed by atoms with Crippen molar-refractivity contribution in [3.63, 3.8) is 0 Å². The number of likely N-dealkylation sites (tertiary alicyclic amines) is 2. The van der Waals surface area contributed by atoms with E-state index in [4.69, 9.17) is 18.9 Å². The van der Waals surface area contributed by atoms with Crippen LogP contribution in [-0.2, 0) is 18.9 Å². The van der Waals surface area contributed by atoms with E-state index in [0.29, 0.717) is 13.1 Å². The van der Waals surface area contributed by atoms with Crippen LogP contribution in [0.25, 0.3) is 0 Å². The maximum atomic E-state index is 12.3. The molecule has 2 aliphatic rings. The Balaban J connectivity index is 1.76. The van der Waals surface area contributed by atoms with Crippen molar-refractivity contribution < 1.29 is 33.3 Å². The molecule has 172 valence electrons. The van der Waals surface area contributed by atoms with E-state index in [1.807, 2.05) is 41.5 Å². The number of rotatable bonds is 4. The first-order chi connectivity index (χ1) is 13.9. The molecule has 0 bridgehead atoms. The molecule has 30 heavy (non-hydrogen) atoms. The highest BCUT2D eigenvalue weighted by molar-refractivity contribution is 5.69. The fourth-order valence-corrected chi connectivity index (χ4v) is 3.51. The van der Waals surface area contributed by atoms with E-state index < -0.39 is 29.5 Å². The van der Waals surface area contributed by atoms with Crippen LogP contribution in [0.1, 0.15) is 67.2 Å². The van der Waals surface area contributed by atoms with Crippen molar-refractivity contribution in [3.8, 4) is 0 Å². The van der Waals surface area contributed by atoms with Crippen LogP contribution in [0.5, 0.6) is 0 Å². The molecule has 2 heterocycles. The van der Waals surface area contributed by atoms with Crippen LogP contribution in [0.3, 0.4) is 0 Å². The summed E-state index contributed by atoms with van der Waals surface area (Å²) in [6.07, 6.45) is 1.53. The quantitative estimate of drug-likeness (QED) is 0.494. The second kappa shape index (κ2) is 9.75. The van der Waals surface area contributed by atoms with E-state index in [-0.39, 0.29) is 25.3 Å². The van der Waals surface area contributed by atoms with E-state index in [0.717, 1.165) is 25.7 Å². The van der Waals surface area contributed by atoms with Gasteiger partial charge in [-0.05, 0) is 67.2 Å². The summed E-state index contributed by atoms with van der Waals surface area (Å²) in [5.74, 6) is 0. The molecule has 2 saturated heterocycles. The van der Waals surface area contributed by atoms with Crippen molar-refractivity contribution in [2.75, 3.05) is 26.3 Å². The van der Waals surface area contributed by atoms with Crippen LogP contribution in [0.2, 0.25) is 0 Å². The van der Waals surface area contributed by atoms with Crippen LogP contribution in [0.15, 0.2) is 0 Å². The van der Waals surface area contributed by atoms with E-state index in [1.165, 1.54) is 0 Å². The van der Waals surface area contributed by atoms with E-state index >= 15 is 0 Å². The lowest BCUT2D eigenvalue weighted by Gasteiger charge is -2.29. The summed E-state index contributed by atoms with van der Waals surface area (Å²) in [4.78, 5) is 39.8. The topological polar surface area (TPSA) is 94.6 Å². The van der Waals surface area contributed by atoms with Gasteiger partial charge in [-0.3, -0.25) is 0 Å². The van der Waals surface area contributed by atoms with Gasteiger partial charge >= 0.3 is 18.3 Å². The Labute approximate surface area is 178 Å². The number of nitrogens with zero attached hydrogens (tertiary/aromatic N) is 2. The summed E-state index contributed by atoms with van der Waals surface area (Å²) in [6.45, 7) is 12.1. The average molecular weight is 429 g/mol. The highest BCUT2D eigenvalue weighted by Crippen LogP contribution is 2.23. The van der Waals surface area contributed by atoms with Gasteiger partial charge in [0.05, 0.1) is 12.1 Å². The first-order valence-corrected chi connectivity index (χ1v) is 10.6. The predicted molar refractivity (Wildman–Crippen MR) is 109 cm³/mol. The Bertz CT molecular complexity index is 572. The Morgan fingerprint density at radius 2 is 1.10 bits per heavy atom. The highest BCUT2D eigenvalue weighted by atomic mass is 16.7. The zero-order valence-electron chi connectivity index (χ0n) is 19.1. The maximum Gasteiger partial charge on any atom is 0.508 e. The van der Waals surface area contributed by atoms with Crippen molar-refractivity contribution in [1.82, 2.24) is 9.80 Å². The second-order valence-electron chi connectivity index (χ2n) is 9.81. The van der Waals surface area contributed by atoms with Crippen LogP contribution >= 0.6 is 0 Å². The van der Waals surface area contributed by atoms with Gasteiger partial charge < -0.3 is 28.7 Å². The molecule has 2 fully saturated rings. The molecule has 0 aromatic carbocycles. The van der Waals surface area contributed by atoms with Crippen LogP contribution < -0.4 is 0 Å². The summed E-state index contributed by atoms with van der Waals surface area (Å²) in [7, 11) is 0. The standard InChI is InChI=1S/C21H36N2O7/c1-20(2,3)29-17(24)22-11-7-9-15(22)13-27-19(26)28-14-16-10-8-12-23(16)18(25)30-21(4,5)6/h15-16H,7-14H2,1-6H3/t15-,16-/m0/s1. The van der Waals surface area contributed by atoms with Crippen molar-refractivity contribution >= 4 is 18.3 Å². The van der Waals surface area contributed by atoms with Gasteiger partial charge in [-0.1, -0.05) is 0 Å². The number of carbonyl (C=O) groups excluding carboxylic acids is 3. The van der Waals surface area contributed by atoms with Crippen molar-refractivity contribution in [2.24, 2.45) is 0 Å². The van der Waals surface area contributed by atoms with E-state index in [1.54, 1.807) is 9.80 Å². The van der Waals surface area contributed by atoms with Gasteiger partial charge in [0.25, 0.3) is 0 Å². The number of amides is 2. The summed E-state index contributed by atoms with van der Waals surface area (Å²) < 4.78 is 21.3. The zero-order valence-corrected chi connectivity index (χ0v) is 19.1.